The smallest absolute Gasteiger partial charge is 0.168 e. The second-order valence-corrected chi connectivity index (χ2v) is 5.26. The van der Waals surface area contributed by atoms with Crippen LogP contribution in [0.25, 0.3) is 0 Å². The van der Waals surface area contributed by atoms with Crippen LogP contribution in [0.15, 0.2) is 17.1 Å². The zero-order chi connectivity index (χ0) is 12.5. The van der Waals surface area contributed by atoms with E-state index in [0.29, 0.717) is 18.6 Å². The van der Waals surface area contributed by atoms with Crippen molar-refractivity contribution in [1.82, 2.24) is 5.32 Å². The van der Waals surface area contributed by atoms with Crippen LogP contribution in [0.3, 0.4) is 0 Å². The number of rotatable bonds is 1. The van der Waals surface area contributed by atoms with Gasteiger partial charge >= 0.3 is 0 Å². The SMILES string of the molecule is Fc1cc(F)c2c(c1)C(NC1=NCCS1)CCO2. The number of amidine groups is 1. The number of aliphatic imine (C=N–C) groups is 1. The van der Waals surface area contributed by atoms with E-state index in [2.05, 4.69) is 10.3 Å². The Balaban J connectivity index is 1.90. The van der Waals surface area contributed by atoms with Gasteiger partial charge in [-0.25, -0.2) is 8.78 Å². The molecule has 0 fully saturated rings. The zero-order valence-corrected chi connectivity index (χ0v) is 10.4. The number of thioether (sulfide) groups is 1. The average Bonchev–Trinajstić information content (AvgIpc) is 2.83. The van der Waals surface area contributed by atoms with Gasteiger partial charge in [-0.1, -0.05) is 11.8 Å². The highest BCUT2D eigenvalue weighted by Gasteiger charge is 2.26. The molecule has 18 heavy (non-hydrogen) atoms. The first kappa shape index (κ1) is 11.8. The van der Waals surface area contributed by atoms with Gasteiger partial charge in [0.1, 0.15) is 5.82 Å². The third-order valence-electron chi connectivity index (χ3n) is 2.95. The Hall–Kier alpha value is -1.30. The van der Waals surface area contributed by atoms with Gasteiger partial charge in [0.2, 0.25) is 0 Å². The van der Waals surface area contributed by atoms with E-state index in [1.165, 1.54) is 6.07 Å². The van der Waals surface area contributed by atoms with Crippen molar-refractivity contribution in [2.45, 2.75) is 12.5 Å². The highest BCUT2D eigenvalue weighted by Crippen LogP contribution is 2.35. The van der Waals surface area contributed by atoms with E-state index in [4.69, 9.17) is 4.74 Å². The van der Waals surface area contributed by atoms with Gasteiger partial charge in [0.05, 0.1) is 19.2 Å². The van der Waals surface area contributed by atoms with E-state index in [0.717, 1.165) is 23.5 Å². The molecule has 2 aliphatic heterocycles. The number of hydrogen-bond donors (Lipinski definition) is 1. The summed E-state index contributed by atoms with van der Waals surface area (Å²) < 4.78 is 32.1. The molecule has 0 aromatic heterocycles. The third kappa shape index (κ3) is 2.16. The Kier molecular flexibility index (Phi) is 3.11. The number of hydrogen-bond acceptors (Lipinski definition) is 4. The van der Waals surface area contributed by atoms with Gasteiger partial charge < -0.3 is 10.1 Å². The van der Waals surface area contributed by atoms with Gasteiger partial charge in [-0.3, -0.25) is 4.99 Å². The molecule has 2 aliphatic rings. The monoisotopic (exact) mass is 270 g/mol. The predicted octanol–water partition coefficient (Wildman–Crippen LogP) is 2.48. The Morgan fingerprint density at radius 2 is 2.28 bits per heavy atom. The number of benzene rings is 1. The number of halogens is 2. The molecular weight excluding hydrogens is 258 g/mol. The number of ether oxygens (including phenoxy) is 1. The van der Waals surface area contributed by atoms with Crippen LogP contribution in [-0.4, -0.2) is 24.1 Å². The van der Waals surface area contributed by atoms with Crippen molar-refractivity contribution >= 4 is 16.9 Å². The van der Waals surface area contributed by atoms with Crippen LogP contribution >= 0.6 is 11.8 Å². The van der Waals surface area contributed by atoms with E-state index in [9.17, 15) is 8.78 Å². The van der Waals surface area contributed by atoms with E-state index in [1.807, 2.05) is 0 Å². The van der Waals surface area contributed by atoms with E-state index in [1.54, 1.807) is 11.8 Å². The summed E-state index contributed by atoms with van der Waals surface area (Å²) in [5, 5.41) is 4.07. The molecule has 3 rings (SSSR count). The summed E-state index contributed by atoms with van der Waals surface area (Å²) in [6.07, 6.45) is 0.676. The predicted molar refractivity (Wildman–Crippen MR) is 67.1 cm³/mol. The standard InChI is InChI=1S/C12H12F2N2OS/c13-7-5-8-10(16-12-15-2-4-18-12)1-3-17-11(8)9(14)6-7/h5-6,10H,1-4H2,(H,15,16). The summed E-state index contributed by atoms with van der Waals surface area (Å²) in [4.78, 5) is 4.29. The van der Waals surface area contributed by atoms with Crippen LogP contribution in [-0.2, 0) is 0 Å². The van der Waals surface area contributed by atoms with Gasteiger partial charge in [-0.05, 0) is 6.07 Å². The maximum atomic E-state index is 13.6. The summed E-state index contributed by atoms with van der Waals surface area (Å²) in [7, 11) is 0. The van der Waals surface area contributed by atoms with Crippen molar-refractivity contribution in [2.24, 2.45) is 4.99 Å². The molecule has 6 heteroatoms. The van der Waals surface area contributed by atoms with Crippen LogP contribution in [0.2, 0.25) is 0 Å². The summed E-state index contributed by atoms with van der Waals surface area (Å²) in [5.41, 5.74) is 0.536. The fourth-order valence-electron chi connectivity index (χ4n) is 2.15. The molecule has 0 bridgehead atoms. The normalized spacial score (nSPS) is 22.1. The lowest BCUT2D eigenvalue weighted by Gasteiger charge is -2.27. The topological polar surface area (TPSA) is 33.6 Å². The molecule has 0 radical (unpaired) electrons. The molecule has 1 aromatic rings. The highest BCUT2D eigenvalue weighted by molar-refractivity contribution is 8.14. The quantitative estimate of drug-likeness (QED) is 0.851. The highest BCUT2D eigenvalue weighted by atomic mass is 32.2. The molecule has 1 atom stereocenters. The summed E-state index contributed by atoms with van der Waals surface area (Å²) in [6, 6.07) is 2.04. The van der Waals surface area contributed by atoms with Crippen molar-refractivity contribution in [3.05, 3.63) is 29.3 Å². The first-order valence-corrected chi connectivity index (χ1v) is 6.78. The molecule has 0 amide bonds. The van der Waals surface area contributed by atoms with Crippen LogP contribution in [0.1, 0.15) is 18.0 Å². The molecule has 96 valence electrons. The third-order valence-corrected chi connectivity index (χ3v) is 3.86. The molecule has 1 unspecified atom stereocenters. The number of nitrogens with one attached hydrogen (secondary N) is 1. The second kappa shape index (κ2) is 4.76. The van der Waals surface area contributed by atoms with Crippen LogP contribution in [0.4, 0.5) is 8.78 Å². The summed E-state index contributed by atoms with van der Waals surface area (Å²) in [6.45, 7) is 1.21. The maximum Gasteiger partial charge on any atom is 0.168 e. The van der Waals surface area contributed by atoms with Crippen molar-refractivity contribution in [3.63, 3.8) is 0 Å². The van der Waals surface area contributed by atoms with Gasteiger partial charge in [0, 0.05) is 23.8 Å². The van der Waals surface area contributed by atoms with Crippen LogP contribution in [0, 0.1) is 11.6 Å². The van der Waals surface area contributed by atoms with Crippen molar-refractivity contribution in [2.75, 3.05) is 18.9 Å². The lowest BCUT2D eigenvalue weighted by atomic mass is 10.0. The fraction of sp³-hybridized carbons (Fsp3) is 0.417. The summed E-state index contributed by atoms with van der Waals surface area (Å²) >= 11 is 1.63. The molecule has 0 saturated heterocycles. The van der Waals surface area contributed by atoms with E-state index in [-0.39, 0.29) is 11.8 Å². The lowest BCUT2D eigenvalue weighted by molar-refractivity contribution is 0.248. The molecular formula is C12H12F2N2OS. The maximum absolute atomic E-state index is 13.6. The molecule has 3 nitrogen and oxygen atoms in total. The largest absolute Gasteiger partial charge is 0.490 e. The minimum Gasteiger partial charge on any atom is -0.490 e. The lowest BCUT2D eigenvalue weighted by Crippen LogP contribution is -2.30. The van der Waals surface area contributed by atoms with Gasteiger partial charge in [-0.2, -0.15) is 0 Å². The van der Waals surface area contributed by atoms with Gasteiger partial charge in [0.25, 0.3) is 0 Å². The van der Waals surface area contributed by atoms with Gasteiger partial charge in [-0.15, -0.1) is 0 Å². The molecule has 2 heterocycles. The van der Waals surface area contributed by atoms with Gasteiger partial charge in [0.15, 0.2) is 16.7 Å². The Bertz CT molecular complexity index is 507. The minimum absolute atomic E-state index is 0.136. The number of fused-ring (bicyclic) bond motifs is 1. The van der Waals surface area contributed by atoms with E-state index >= 15 is 0 Å². The Labute approximate surface area is 108 Å². The van der Waals surface area contributed by atoms with Crippen LogP contribution in [0.5, 0.6) is 5.75 Å². The average molecular weight is 270 g/mol. The molecule has 1 N–H and O–H groups in total. The zero-order valence-electron chi connectivity index (χ0n) is 9.58. The Morgan fingerprint density at radius 1 is 1.39 bits per heavy atom. The van der Waals surface area contributed by atoms with E-state index < -0.39 is 11.6 Å². The minimum atomic E-state index is -0.641. The second-order valence-electron chi connectivity index (χ2n) is 4.18. The fourth-order valence-corrected chi connectivity index (χ4v) is 2.93. The Morgan fingerprint density at radius 3 is 3.06 bits per heavy atom. The molecule has 1 aromatic carbocycles. The number of nitrogens with zero attached hydrogens (tertiary/aromatic N) is 1. The molecule has 0 saturated carbocycles. The first-order valence-electron chi connectivity index (χ1n) is 5.79. The molecule has 0 spiro atoms. The van der Waals surface area contributed by atoms with Crippen molar-refractivity contribution in [3.8, 4) is 5.75 Å². The van der Waals surface area contributed by atoms with Crippen molar-refractivity contribution < 1.29 is 13.5 Å². The van der Waals surface area contributed by atoms with Crippen molar-refractivity contribution in [1.29, 1.82) is 0 Å². The summed E-state index contributed by atoms with van der Waals surface area (Å²) in [5.74, 6) is -0.110. The van der Waals surface area contributed by atoms with Crippen LogP contribution < -0.4 is 10.1 Å². The first-order chi connectivity index (χ1) is 8.74. The molecule has 0 aliphatic carbocycles.